The summed E-state index contributed by atoms with van der Waals surface area (Å²) < 4.78 is 0. The van der Waals surface area contributed by atoms with Crippen LogP contribution in [-0.4, -0.2) is 26.6 Å². The van der Waals surface area contributed by atoms with Crippen molar-refractivity contribution in [2.24, 2.45) is 0 Å². The van der Waals surface area contributed by atoms with Gasteiger partial charge >= 0.3 is 0 Å². The third-order valence-corrected chi connectivity index (χ3v) is 2.43. The number of carbonyl (C=O) groups excluding carboxylic acids is 2. The number of hydrogen-bond donors (Lipinski definition) is 0. The molecule has 0 unspecified atom stereocenters. The minimum Gasteiger partial charge on any atom is -0.290 e. The number of allylic oxidation sites excluding steroid dienone is 4. The topological polar surface area (TPSA) is 64.8 Å². The van der Waals surface area contributed by atoms with Gasteiger partial charge < -0.3 is 0 Å². The molecule has 0 atom stereocenters. The summed E-state index contributed by atoms with van der Waals surface area (Å²) in [7, 11) is 0. The van der Waals surface area contributed by atoms with Crippen LogP contribution in [-0.2, 0) is 9.59 Å². The van der Waals surface area contributed by atoms with Crippen molar-refractivity contribution < 1.29 is 9.59 Å². The zero-order valence-electron chi connectivity index (χ0n) is 8.70. The molecule has 3 rings (SSSR count). The Bertz CT molecular complexity index is 662. The Labute approximate surface area is 96.0 Å². The van der Waals surface area contributed by atoms with Gasteiger partial charge in [0, 0.05) is 6.08 Å². The van der Waals surface area contributed by atoms with Crippen LogP contribution in [0.4, 0.5) is 0 Å². The van der Waals surface area contributed by atoms with Gasteiger partial charge in [-0.05, 0) is 24.3 Å². The normalized spacial score (nSPS) is 15.4. The molecule has 5 heteroatoms. The Hall–Kier alpha value is -2.56. The van der Waals surface area contributed by atoms with E-state index in [1.807, 2.05) is 12.1 Å². The van der Waals surface area contributed by atoms with Crippen molar-refractivity contribution in [2.75, 3.05) is 0 Å². The first-order valence-corrected chi connectivity index (χ1v) is 5.04. The standard InChI is InChI=1S/C12H7N3O2/c16-8-5-6-12(17)11(7-8)15-13-9-3-1-2-4-10(9)14-15/h1-7H. The van der Waals surface area contributed by atoms with E-state index in [0.29, 0.717) is 11.0 Å². The summed E-state index contributed by atoms with van der Waals surface area (Å²) in [5.74, 6) is -0.508. The second kappa shape index (κ2) is 3.48. The molecule has 1 aliphatic carbocycles. The SMILES string of the molecule is O=C1C=CC(=O)C(n2nc3ccccc3n2)=C1. The second-order valence-corrected chi connectivity index (χ2v) is 3.61. The third-order valence-electron chi connectivity index (χ3n) is 2.43. The molecule has 0 N–H and O–H groups in total. The summed E-state index contributed by atoms with van der Waals surface area (Å²) in [5, 5.41) is 8.30. The van der Waals surface area contributed by atoms with E-state index in [1.165, 1.54) is 23.0 Å². The maximum absolute atomic E-state index is 11.6. The fraction of sp³-hybridized carbons (Fsp3) is 0. The van der Waals surface area contributed by atoms with Crippen LogP contribution < -0.4 is 0 Å². The largest absolute Gasteiger partial charge is 0.290 e. The third kappa shape index (κ3) is 1.57. The lowest BCUT2D eigenvalue weighted by Gasteiger charge is -2.03. The van der Waals surface area contributed by atoms with Crippen molar-refractivity contribution in [3.05, 3.63) is 42.5 Å². The van der Waals surface area contributed by atoms with Crippen LogP contribution in [0.2, 0.25) is 0 Å². The number of rotatable bonds is 1. The number of fused-ring (bicyclic) bond motifs is 1. The van der Waals surface area contributed by atoms with Crippen molar-refractivity contribution >= 4 is 28.3 Å². The molecule has 0 bridgehead atoms. The van der Waals surface area contributed by atoms with E-state index in [9.17, 15) is 9.59 Å². The van der Waals surface area contributed by atoms with E-state index >= 15 is 0 Å². The lowest BCUT2D eigenvalue weighted by atomic mass is 10.1. The molecule has 0 saturated carbocycles. The predicted molar refractivity (Wildman–Crippen MR) is 61.0 cm³/mol. The second-order valence-electron chi connectivity index (χ2n) is 3.61. The van der Waals surface area contributed by atoms with Gasteiger partial charge in [-0.2, -0.15) is 0 Å². The minimum absolute atomic E-state index is 0.175. The zero-order valence-corrected chi connectivity index (χ0v) is 8.70. The number of carbonyl (C=O) groups is 2. The first kappa shape index (κ1) is 9.65. The minimum atomic E-state index is -0.273. The summed E-state index contributed by atoms with van der Waals surface area (Å²) in [5.41, 5.74) is 1.54. The highest BCUT2D eigenvalue weighted by Gasteiger charge is 2.17. The van der Waals surface area contributed by atoms with Gasteiger partial charge in [-0.3, -0.25) is 9.59 Å². The Morgan fingerprint density at radius 2 is 1.59 bits per heavy atom. The Balaban J connectivity index is 2.15. The number of hydrogen-bond acceptors (Lipinski definition) is 4. The molecule has 0 amide bonds. The predicted octanol–water partition coefficient (Wildman–Crippen LogP) is 0.980. The molecular formula is C12H7N3O2. The number of ketones is 2. The monoisotopic (exact) mass is 225 g/mol. The molecule has 17 heavy (non-hydrogen) atoms. The van der Waals surface area contributed by atoms with Crippen molar-refractivity contribution in [3.8, 4) is 0 Å². The molecule has 5 nitrogen and oxygen atoms in total. The molecule has 0 saturated heterocycles. The molecule has 1 heterocycles. The molecule has 0 spiro atoms. The highest BCUT2D eigenvalue weighted by Crippen LogP contribution is 2.13. The van der Waals surface area contributed by atoms with Crippen molar-refractivity contribution in [1.82, 2.24) is 15.0 Å². The van der Waals surface area contributed by atoms with Crippen molar-refractivity contribution in [2.45, 2.75) is 0 Å². The summed E-state index contributed by atoms with van der Waals surface area (Å²) in [4.78, 5) is 24.0. The van der Waals surface area contributed by atoms with Gasteiger partial charge in [-0.15, -0.1) is 15.0 Å². The van der Waals surface area contributed by atoms with E-state index < -0.39 is 0 Å². The maximum atomic E-state index is 11.6. The van der Waals surface area contributed by atoms with Gasteiger partial charge in [0.15, 0.2) is 5.78 Å². The van der Waals surface area contributed by atoms with Crippen LogP contribution in [0.25, 0.3) is 16.7 Å². The first-order valence-electron chi connectivity index (χ1n) is 5.04. The van der Waals surface area contributed by atoms with Gasteiger partial charge in [0.05, 0.1) is 0 Å². The molecule has 0 radical (unpaired) electrons. The quantitative estimate of drug-likeness (QED) is 0.678. The van der Waals surface area contributed by atoms with Crippen molar-refractivity contribution in [3.63, 3.8) is 0 Å². The highest BCUT2D eigenvalue weighted by atomic mass is 16.1. The summed E-state index contributed by atoms with van der Waals surface area (Å²) in [6.45, 7) is 0. The maximum Gasteiger partial charge on any atom is 0.206 e. The van der Waals surface area contributed by atoms with Crippen molar-refractivity contribution in [1.29, 1.82) is 0 Å². The van der Waals surface area contributed by atoms with Gasteiger partial charge in [0.25, 0.3) is 0 Å². The zero-order chi connectivity index (χ0) is 11.8. The molecule has 1 aliphatic rings. The summed E-state index contributed by atoms with van der Waals surface area (Å²) in [6.07, 6.45) is 3.70. The number of benzene rings is 1. The molecular weight excluding hydrogens is 218 g/mol. The van der Waals surface area contributed by atoms with Gasteiger partial charge in [0.1, 0.15) is 16.7 Å². The smallest absolute Gasteiger partial charge is 0.206 e. The average molecular weight is 225 g/mol. The molecule has 0 fully saturated rings. The Morgan fingerprint density at radius 1 is 0.941 bits per heavy atom. The lowest BCUT2D eigenvalue weighted by molar-refractivity contribution is -0.113. The van der Waals surface area contributed by atoms with Crippen LogP contribution >= 0.6 is 0 Å². The fourth-order valence-electron chi connectivity index (χ4n) is 1.62. The Morgan fingerprint density at radius 3 is 2.24 bits per heavy atom. The molecule has 82 valence electrons. The Kier molecular flexibility index (Phi) is 1.98. The van der Waals surface area contributed by atoms with Crippen LogP contribution in [0.15, 0.2) is 42.5 Å². The molecule has 1 aromatic heterocycles. The van der Waals surface area contributed by atoms with Crippen LogP contribution in [0, 0.1) is 0 Å². The van der Waals surface area contributed by atoms with E-state index in [0.717, 1.165) is 0 Å². The molecule has 2 aromatic rings. The van der Waals surface area contributed by atoms with Gasteiger partial charge in [-0.1, -0.05) is 12.1 Å². The number of aromatic nitrogens is 3. The van der Waals surface area contributed by atoms with Gasteiger partial charge in [0.2, 0.25) is 5.78 Å². The average Bonchev–Trinajstić information content (AvgIpc) is 2.75. The fourth-order valence-corrected chi connectivity index (χ4v) is 1.62. The lowest BCUT2D eigenvalue weighted by Crippen LogP contribution is -2.14. The van der Waals surface area contributed by atoms with Crippen LogP contribution in [0.3, 0.4) is 0 Å². The first-order chi connectivity index (χ1) is 8.24. The molecule has 1 aromatic carbocycles. The van der Waals surface area contributed by atoms with Crippen LogP contribution in [0.1, 0.15) is 0 Å². The van der Waals surface area contributed by atoms with E-state index in [-0.39, 0.29) is 17.3 Å². The number of nitrogens with zero attached hydrogens (tertiary/aromatic N) is 3. The van der Waals surface area contributed by atoms with Gasteiger partial charge in [-0.25, -0.2) is 0 Å². The van der Waals surface area contributed by atoms with Crippen LogP contribution in [0.5, 0.6) is 0 Å². The summed E-state index contributed by atoms with van der Waals surface area (Å²) in [6, 6.07) is 7.27. The summed E-state index contributed by atoms with van der Waals surface area (Å²) >= 11 is 0. The van der Waals surface area contributed by atoms with E-state index in [4.69, 9.17) is 0 Å². The van der Waals surface area contributed by atoms with E-state index in [2.05, 4.69) is 10.2 Å². The highest BCUT2D eigenvalue weighted by molar-refractivity contribution is 6.29. The molecule has 0 aliphatic heterocycles. The van der Waals surface area contributed by atoms with E-state index in [1.54, 1.807) is 12.1 Å².